The second-order valence-corrected chi connectivity index (χ2v) is 8.57. The maximum absolute atomic E-state index is 12.4. The van der Waals surface area contributed by atoms with Crippen LogP contribution in [-0.2, 0) is 6.54 Å². The molecule has 4 heterocycles. The first-order valence-corrected chi connectivity index (χ1v) is 10.5. The van der Waals surface area contributed by atoms with Gasteiger partial charge >= 0.3 is 0 Å². The van der Waals surface area contributed by atoms with Crippen LogP contribution in [0.5, 0.6) is 0 Å². The summed E-state index contributed by atoms with van der Waals surface area (Å²) in [5.41, 5.74) is 0.974. The van der Waals surface area contributed by atoms with E-state index in [0.717, 1.165) is 36.3 Å². The molecule has 3 aromatic rings. The van der Waals surface area contributed by atoms with Crippen LogP contribution in [0.25, 0.3) is 0 Å². The number of aromatic nitrogens is 3. The minimum atomic E-state index is 0.0241. The van der Waals surface area contributed by atoms with Crippen LogP contribution in [0.1, 0.15) is 15.5 Å². The molecule has 0 radical (unpaired) electrons. The van der Waals surface area contributed by atoms with E-state index in [9.17, 15) is 4.79 Å². The minimum absolute atomic E-state index is 0.0241. The molecule has 0 aromatic carbocycles. The molecule has 7 nitrogen and oxygen atoms in total. The van der Waals surface area contributed by atoms with Gasteiger partial charge in [0.1, 0.15) is 10.2 Å². The molecule has 1 aliphatic rings. The van der Waals surface area contributed by atoms with E-state index in [1.165, 1.54) is 22.7 Å². The molecule has 1 saturated heterocycles. The molecule has 1 fully saturated rings. The highest BCUT2D eigenvalue weighted by Crippen LogP contribution is 2.25. The summed E-state index contributed by atoms with van der Waals surface area (Å²) in [7, 11) is 0. The Bertz CT molecular complexity index is 908. The maximum atomic E-state index is 12.4. The van der Waals surface area contributed by atoms with Gasteiger partial charge in [-0.3, -0.25) is 9.69 Å². The monoisotopic (exact) mass is 420 g/mol. The molecule has 1 aliphatic heterocycles. The van der Waals surface area contributed by atoms with Crippen molar-refractivity contribution in [1.29, 1.82) is 0 Å². The van der Waals surface area contributed by atoms with Crippen molar-refractivity contribution in [3.8, 4) is 0 Å². The second kappa shape index (κ2) is 8.30. The van der Waals surface area contributed by atoms with Crippen LogP contribution < -0.4 is 5.32 Å². The quantitative estimate of drug-likeness (QED) is 0.682. The van der Waals surface area contributed by atoms with E-state index < -0.39 is 0 Å². The van der Waals surface area contributed by atoms with Crippen LogP contribution in [0.15, 0.2) is 36.0 Å². The van der Waals surface area contributed by atoms with Crippen molar-refractivity contribution in [3.63, 3.8) is 0 Å². The van der Waals surface area contributed by atoms with E-state index in [1.54, 1.807) is 12.4 Å². The number of carbonyl (C=O) groups excluding carboxylic acids is 1. The molecule has 0 saturated carbocycles. The fraction of sp³-hybridized carbons (Fsp3) is 0.294. The summed E-state index contributed by atoms with van der Waals surface area (Å²) in [6.07, 6.45) is 3.28. The fourth-order valence-electron chi connectivity index (χ4n) is 2.86. The summed E-state index contributed by atoms with van der Waals surface area (Å²) in [6, 6.07) is 5.89. The number of hydrogen-bond acceptors (Lipinski definition) is 8. The SMILES string of the molecule is O=C(c1nccs1)N1CCN(Cc2cccc(Nc3ncc(Cl)s3)n2)CC1. The van der Waals surface area contributed by atoms with Crippen LogP contribution >= 0.6 is 34.3 Å². The topological polar surface area (TPSA) is 74.2 Å². The third-order valence-corrected chi connectivity index (χ3v) is 5.97. The molecule has 27 heavy (non-hydrogen) atoms. The summed E-state index contributed by atoms with van der Waals surface area (Å²) in [4.78, 5) is 29.5. The molecular weight excluding hydrogens is 404 g/mol. The van der Waals surface area contributed by atoms with Crippen LogP contribution in [0, 0.1) is 0 Å². The average Bonchev–Trinajstić information content (AvgIpc) is 3.34. The summed E-state index contributed by atoms with van der Waals surface area (Å²) in [5, 5.41) is 6.29. The molecule has 140 valence electrons. The predicted molar refractivity (Wildman–Crippen MR) is 108 cm³/mol. The molecule has 1 N–H and O–H groups in total. The Labute approximate surface area is 169 Å². The number of thiazole rings is 2. The summed E-state index contributed by atoms with van der Waals surface area (Å²) < 4.78 is 0.638. The van der Waals surface area contributed by atoms with Gasteiger partial charge in [-0.1, -0.05) is 29.0 Å². The van der Waals surface area contributed by atoms with Gasteiger partial charge in [0.2, 0.25) is 0 Å². The second-order valence-electron chi connectivity index (χ2n) is 6.01. The van der Waals surface area contributed by atoms with Crippen LogP contribution in [0.4, 0.5) is 10.9 Å². The van der Waals surface area contributed by atoms with Crippen molar-refractivity contribution < 1.29 is 4.79 Å². The standard InChI is InChI=1S/C17H17ClN6OS2/c18-13-10-20-17(27-13)22-14-3-1-2-12(21-14)11-23-5-7-24(8-6-23)16(25)15-19-4-9-26-15/h1-4,9-10H,5-8,11H2,(H,20,21,22). The highest BCUT2D eigenvalue weighted by atomic mass is 35.5. The Morgan fingerprint density at radius 2 is 2.07 bits per heavy atom. The first-order valence-electron chi connectivity index (χ1n) is 8.43. The van der Waals surface area contributed by atoms with Gasteiger partial charge in [-0.25, -0.2) is 15.0 Å². The van der Waals surface area contributed by atoms with Crippen molar-refractivity contribution in [2.24, 2.45) is 0 Å². The van der Waals surface area contributed by atoms with E-state index in [0.29, 0.717) is 22.4 Å². The van der Waals surface area contributed by atoms with Crippen LogP contribution in [0.2, 0.25) is 4.34 Å². The van der Waals surface area contributed by atoms with E-state index in [-0.39, 0.29) is 5.91 Å². The normalized spacial score (nSPS) is 15.1. The molecular formula is C17H17ClN6OS2. The summed E-state index contributed by atoms with van der Waals surface area (Å²) >= 11 is 8.67. The van der Waals surface area contributed by atoms with Crippen LogP contribution in [-0.4, -0.2) is 56.8 Å². The van der Waals surface area contributed by atoms with Gasteiger partial charge in [0.05, 0.1) is 11.9 Å². The van der Waals surface area contributed by atoms with Gasteiger partial charge in [0.15, 0.2) is 10.1 Å². The van der Waals surface area contributed by atoms with Gasteiger partial charge in [0, 0.05) is 44.3 Å². The molecule has 0 unspecified atom stereocenters. The number of hydrogen-bond donors (Lipinski definition) is 1. The van der Waals surface area contributed by atoms with Gasteiger partial charge in [-0.05, 0) is 12.1 Å². The van der Waals surface area contributed by atoms with E-state index >= 15 is 0 Å². The third kappa shape index (κ3) is 4.62. The lowest BCUT2D eigenvalue weighted by Crippen LogP contribution is -2.48. The van der Waals surface area contributed by atoms with Crippen LogP contribution in [0.3, 0.4) is 0 Å². The van der Waals surface area contributed by atoms with Crippen molar-refractivity contribution in [1.82, 2.24) is 24.8 Å². The molecule has 10 heteroatoms. The number of piperazine rings is 1. The Balaban J connectivity index is 1.32. The molecule has 3 aromatic heterocycles. The lowest BCUT2D eigenvalue weighted by Gasteiger charge is -2.34. The zero-order valence-electron chi connectivity index (χ0n) is 14.3. The summed E-state index contributed by atoms with van der Waals surface area (Å²) in [6.45, 7) is 3.78. The van der Waals surface area contributed by atoms with Gasteiger partial charge in [-0.15, -0.1) is 11.3 Å². The number of amides is 1. The summed E-state index contributed by atoms with van der Waals surface area (Å²) in [5.74, 6) is 0.771. The molecule has 0 spiro atoms. The fourth-order valence-corrected chi connectivity index (χ4v) is 4.28. The molecule has 4 rings (SSSR count). The van der Waals surface area contributed by atoms with Crippen molar-refractivity contribution in [2.45, 2.75) is 6.54 Å². The number of nitrogens with one attached hydrogen (secondary N) is 1. The van der Waals surface area contributed by atoms with Crippen molar-refractivity contribution in [3.05, 3.63) is 51.0 Å². The smallest absolute Gasteiger partial charge is 0.282 e. The van der Waals surface area contributed by atoms with Crippen molar-refractivity contribution in [2.75, 3.05) is 31.5 Å². The molecule has 0 bridgehead atoms. The number of nitrogens with zero attached hydrogens (tertiary/aromatic N) is 5. The van der Waals surface area contributed by atoms with Gasteiger partial charge in [0.25, 0.3) is 5.91 Å². The highest BCUT2D eigenvalue weighted by molar-refractivity contribution is 7.19. The molecule has 1 amide bonds. The number of halogens is 1. The minimum Gasteiger partial charge on any atom is -0.334 e. The number of rotatable bonds is 5. The Hall–Kier alpha value is -2.07. The molecule has 0 aliphatic carbocycles. The third-order valence-electron chi connectivity index (χ3n) is 4.18. The van der Waals surface area contributed by atoms with Gasteiger partial charge in [-0.2, -0.15) is 0 Å². The molecule has 0 atom stereocenters. The lowest BCUT2D eigenvalue weighted by molar-refractivity contribution is 0.0627. The Morgan fingerprint density at radius 1 is 1.22 bits per heavy atom. The Morgan fingerprint density at radius 3 is 2.78 bits per heavy atom. The first-order chi connectivity index (χ1) is 13.2. The number of pyridine rings is 1. The van der Waals surface area contributed by atoms with E-state index in [1.807, 2.05) is 28.5 Å². The predicted octanol–water partition coefficient (Wildman–Crippen LogP) is 3.35. The average molecular weight is 421 g/mol. The Kier molecular flexibility index (Phi) is 5.63. The largest absolute Gasteiger partial charge is 0.334 e. The number of carbonyl (C=O) groups is 1. The highest BCUT2D eigenvalue weighted by Gasteiger charge is 2.23. The number of anilines is 2. The van der Waals surface area contributed by atoms with E-state index in [4.69, 9.17) is 11.6 Å². The zero-order valence-corrected chi connectivity index (χ0v) is 16.7. The van der Waals surface area contributed by atoms with Gasteiger partial charge < -0.3 is 10.2 Å². The maximum Gasteiger partial charge on any atom is 0.282 e. The zero-order chi connectivity index (χ0) is 18.6. The first kappa shape index (κ1) is 18.3. The van der Waals surface area contributed by atoms with Crippen molar-refractivity contribution >= 4 is 51.1 Å². The van der Waals surface area contributed by atoms with E-state index in [2.05, 4.69) is 25.2 Å². The lowest BCUT2D eigenvalue weighted by atomic mass is 10.2.